The van der Waals surface area contributed by atoms with E-state index < -0.39 is 0 Å². The molecule has 1 aromatic heterocycles. The molecule has 0 fully saturated rings. The minimum Gasteiger partial charge on any atom is -0.497 e. The molecule has 0 saturated heterocycles. The molecule has 1 heterocycles. The number of hydrogen-bond acceptors (Lipinski definition) is 6. The molecule has 3 aromatic carbocycles. The third-order valence-corrected chi connectivity index (χ3v) is 6.87. The lowest BCUT2D eigenvalue weighted by Crippen LogP contribution is -2.27. The van der Waals surface area contributed by atoms with Crippen LogP contribution in [0.2, 0.25) is 5.02 Å². The maximum Gasteiger partial charge on any atom is 0.266 e. The third kappa shape index (κ3) is 6.26. The SMILES string of the molecule is COc1cc(OC)cc(-n2c(SCc3cccc(Cl)c3)nc3cc(C(=O)NCC(C)C)ccc3c2=O)c1. The third-order valence-electron chi connectivity index (χ3n) is 5.62. The highest BCUT2D eigenvalue weighted by Crippen LogP contribution is 2.30. The number of halogens is 1. The van der Waals surface area contributed by atoms with Crippen LogP contribution in [-0.4, -0.2) is 36.2 Å². The Morgan fingerprint density at radius 2 is 1.78 bits per heavy atom. The number of rotatable bonds is 9. The standard InChI is InChI=1S/C28H28ClN3O4S/c1-17(2)15-30-26(33)19-8-9-24-25(11-19)31-28(37-16-18-6-5-7-20(29)10-18)32(27(24)34)21-12-22(35-3)14-23(13-21)36-4/h5-14,17H,15-16H2,1-4H3,(H,30,33). The van der Waals surface area contributed by atoms with Gasteiger partial charge in [0.2, 0.25) is 0 Å². The van der Waals surface area contributed by atoms with Gasteiger partial charge in [0.15, 0.2) is 5.16 Å². The summed E-state index contributed by atoms with van der Waals surface area (Å²) in [6, 6.07) is 17.8. The number of thioether (sulfide) groups is 1. The predicted molar refractivity (Wildman–Crippen MR) is 149 cm³/mol. The van der Waals surface area contributed by atoms with E-state index in [0.29, 0.717) is 62.0 Å². The van der Waals surface area contributed by atoms with Crippen molar-refractivity contribution >= 4 is 40.2 Å². The van der Waals surface area contributed by atoms with Crippen LogP contribution in [0.3, 0.4) is 0 Å². The molecule has 7 nitrogen and oxygen atoms in total. The molecule has 1 N–H and O–H groups in total. The Morgan fingerprint density at radius 1 is 1.05 bits per heavy atom. The van der Waals surface area contributed by atoms with Gasteiger partial charge in [0.25, 0.3) is 11.5 Å². The maximum absolute atomic E-state index is 13.8. The minimum atomic E-state index is -0.261. The molecule has 0 bridgehead atoms. The Bertz CT molecular complexity index is 1480. The van der Waals surface area contributed by atoms with Crippen LogP contribution >= 0.6 is 23.4 Å². The summed E-state index contributed by atoms with van der Waals surface area (Å²) < 4.78 is 12.4. The van der Waals surface area contributed by atoms with Crippen LogP contribution in [0.4, 0.5) is 0 Å². The first-order valence-electron chi connectivity index (χ1n) is 11.7. The lowest BCUT2D eigenvalue weighted by atomic mass is 10.1. The van der Waals surface area contributed by atoms with E-state index in [1.54, 1.807) is 55.2 Å². The smallest absolute Gasteiger partial charge is 0.266 e. The Kier molecular flexibility index (Phi) is 8.41. The zero-order valence-electron chi connectivity index (χ0n) is 21.1. The van der Waals surface area contributed by atoms with Gasteiger partial charge in [-0.2, -0.15) is 0 Å². The lowest BCUT2D eigenvalue weighted by Gasteiger charge is -2.16. The molecule has 4 aromatic rings. The number of hydrogen-bond donors (Lipinski definition) is 1. The number of nitrogens with one attached hydrogen (secondary N) is 1. The van der Waals surface area contributed by atoms with Crippen LogP contribution in [0.25, 0.3) is 16.6 Å². The Labute approximate surface area is 224 Å². The molecule has 0 aliphatic carbocycles. The van der Waals surface area contributed by atoms with E-state index in [1.807, 2.05) is 38.1 Å². The summed E-state index contributed by atoms with van der Waals surface area (Å²) >= 11 is 7.57. The summed E-state index contributed by atoms with van der Waals surface area (Å²) in [7, 11) is 3.11. The zero-order chi connectivity index (χ0) is 26.5. The fraction of sp³-hybridized carbons (Fsp3) is 0.250. The Morgan fingerprint density at radius 3 is 2.43 bits per heavy atom. The molecule has 1 amide bonds. The van der Waals surface area contributed by atoms with E-state index in [9.17, 15) is 9.59 Å². The molecule has 9 heteroatoms. The highest BCUT2D eigenvalue weighted by atomic mass is 35.5. The summed E-state index contributed by atoms with van der Waals surface area (Å²) in [5, 5.41) is 4.41. The van der Waals surface area contributed by atoms with E-state index in [0.717, 1.165) is 5.56 Å². The molecule has 0 radical (unpaired) electrons. The summed E-state index contributed by atoms with van der Waals surface area (Å²) in [4.78, 5) is 31.3. The van der Waals surface area contributed by atoms with Gasteiger partial charge in [-0.1, -0.05) is 49.3 Å². The molecular weight excluding hydrogens is 510 g/mol. The van der Waals surface area contributed by atoms with Gasteiger partial charge in [0.05, 0.1) is 30.8 Å². The van der Waals surface area contributed by atoms with Gasteiger partial charge in [0.1, 0.15) is 11.5 Å². The number of aromatic nitrogens is 2. The van der Waals surface area contributed by atoms with Crippen LogP contribution in [0, 0.1) is 5.92 Å². The van der Waals surface area contributed by atoms with Gasteiger partial charge < -0.3 is 14.8 Å². The summed E-state index contributed by atoms with van der Waals surface area (Å²) in [6.07, 6.45) is 0. The van der Waals surface area contributed by atoms with Gasteiger partial charge in [-0.25, -0.2) is 4.98 Å². The van der Waals surface area contributed by atoms with Crippen molar-refractivity contribution in [2.75, 3.05) is 20.8 Å². The highest BCUT2D eigenvalue weighted by Gasteiger charge is 2.17. The van der Waals surface area contributed by atoms with E-state index in [2.05, 4.69) is 5.32 Å². The molecule has 0 aliphatic heterocycles. The van der Waals surface area contributed by atoms with Crippen molar-refractivity contribution in [2.24, 2.45) is 5.92 Å². The second-order valence-electron chi connectivity index (χ2n) is 8.86. The maximum atomic E-state index is 13.8. The summed E-state index contributed by atoms with van der Waals surface area (Å²) in [5.41, 5.74) is 2.18. The van der Waals surface area contributed by atoms with Crippen LogP contribution < -0.4 is 20.3 Å². The fourth-order valence-corrected chi connectivity index (χ4v) is 4.89. The molecule has 0 saturated carbocycles. The lowest BCUT2D eigenvalue weighted by molar-refractivity contribution is 0.0949. The van der Waals surface area contributed by atoms with Crippen LogP contribution in [-0.2, 0) is 5.75 Å². The van der Waals surface area contributed by atoms with E-state index in [-0.39, 0.29) is 11.5 Å². The van der Waals surface area contributed by atoms with E-state index in [4.69, 9.17) is 26.1 Å². The number of ether oxygens (including phenoxy) is 2. The van der Waals surface area contributed by atoms with Crippen molar-refractivity contribution < 1.29 is 14.3 Å². The zero-order valence-corrected chi connectivity index (χ0v) is 22.7. The van der Waals surface area contributed by atoms with Gasteiger partial charge in [-0.3, -0.25) is 14.2 Å². The topological polar surface area (TPSA) is 82.4 Å². The predicted octanol–water partition coefficient (Wildman–Crippen LogP) is 5.73. The van der Waals surface area contributed by atoms with Gasteiger partial charge in [-0.05, 0) is 41.8 Å². The Hall–Kier alpha value is -3.49. The first kappa shape index (κ1) is 26.6. The van der Waals surface area contributed by atoms with Crippen molar-refractivity contribution in [2.45, 2.75) is 24.8 Å². The minimum absolute atomic E-state index is 0.202. The summed E-state index contributed by atoms with van der Waals surface area (Å²) in [5.74, 6) is 1.75. The largest absolute Gasteiger partial charge is 0.497 e. The first-order valence-corrected chi connectivity index (χ1v) is 13.1. The second-order valence-corrected chi connectivity index (χ2v) is 10.2. The molecule has 0 atom stereocenters. The van der Waals surface area contributed by atoms with Crippen LogP contribution in [0.1, 0.15) is 29.8 Å². The fourth-order valence-electron chi connectivity index (χ4n) is 3.73. The second kappa shape index (κ2) is 11.7. The number of nitrogens with zero attached hydrogens (tertiary/aromatic N) is 2. The van der Waals surface area contributed by atoms with Gasteiger partial charge in [-0.15, -0.1) is 0 Å². The van der Waals surface area contributed by atoms with E-state index >= 15 is 0 Å². The number of benzene rings is 3. The molecule has 0 unspecified atom stereocenters. The van der Waals surface area contributed by atoms with Gasteiger partial charge in [0, 0.05) is 41.1 Å². The van der Waals surface area contributed by atoms with Crippen LogP contribution in [0.5, 0.6) is 11.5 Å². The average Bonchev–Trinajstić information content (AvgIpc) is 2.89. The number of carbonyl (C=O) groups excluding carboxylic acids is 1. The molecule has 4 rings (SSSR count). The van der Waals surface area contributed by atoms with Gasteiger partial charge >= 0.3 is 0 Å². The van der Waals surface area contributed by atoms with Crippen LogP contribution in [0.15, 0.2) is 70.6 Å². The van der Waals surface area contributed by atoms with Crippen molar-refractivity contribution in [1.82, 2.24) is 14.9 Å². The monoisotopic (exact) mass is 537 g/mol. The molecule has 192 valence electrons. The normalized spacial score (nSPS) is 11.1. The molecular formula is C28H28ClN3O4S. The molecule has 0 aliphatic rings. The highest BCUT2D eigenvalue weighted by molar-refractivity contribution is 7.98. The number of carbonyl (C=O) groups is 1. The van der Waals surface area contributed by atoms with E-state index in [1.165, 1.54) is 11.8 Å². The summed E-state index contributed by atoms with van der Waals surface area (Å²) in [6.45, 7) is 4.62. The van der Waals surface area contributed by atoms with Crippen molar-refractivity contribution in [3.05, 3.63) is 87.2 Å². The van der Waals surface area contributed by atoms with Crippen molar-refractivity contribution in [3.63, 3.8) is 0 Å². The number of methoxy groups -OCH3 is 2. The molecule has 37 heavy (non-hydrogen) atoms. The number of amides is 1. The Balaban J connectivity index is 1.85. The van der Waals surface area contributed by atoms with Crippen molar-refractivity contribution in [1.29, 1.82) is 0 Å². The number of fused-ring (bicyclic) bond motifs is 1. The first-order chi connectivity index (χ1) is 17.8. The molecule has 0 spiro atoms. The average molecular weight is 538 g/mol. The van der Waals surface area contributed by atoms with Crippen molar-refractivity contribution in [3.8, 4) is 17.2 Å². The quantitative estimate of drug-likeness (QED) is 0.217.